The second-order valence-corrected chi connectivity index (χ2v) is 5.70. The highest BCUT2D eigenvalue weighted by Gasteiger charge is 2.27. The standard InChI is InChI=1S/C17H21N3O2/c1-12-13(2)22-17(19-12)11-20-9-8-18-16(21)10-15(20)14-6-4-3-5-7-14/h3-7,15H,8-11H2,1-2H3,(H,18,21). The summed E-state index contributed by atoms with van der Waals surface area (Å²) in [5, 5.41) is 2.94. The summed E-state index contributed by atoms with van der Waals surface area (Å²) in [7, 11) is 0. The highest BCUT2D eigenvalue weighted by molar-refractivity contribution is 5.77. The van der Waals surface area contributed by atoms with Gasteiger partial charge in [0.1, 0.15) is 5.76 Å². The van der Waals surface area contributed by atoms with E-state index in [0.29, 0.717) is 25.4 Å². The Bertz CT molecular complexity index is 632. The Morgan fingerprint density at radius 1 is 1.32 bits per heavy atom. The first-order valence-corrected chi connectivity index (χ1v) is 7.62. The molecule has 3 rings (SSSR count). The van der Waals surface area contributed by atoms with Gasteiger partial charge in [-0.05, 0) is 19.4 Å². The summed E-state index contributed by atoms with van der Waals surface area (Å²) >= 11 is 0. The molecule has 0 aliphatic carbocycles. The average molecular weight is 299 g/mol. The van der Waals surface area contributed by atoms with E-state index in [2.05, 4.69) is 27.3 Å². The van der Waals surface area contributed by atoms with Crippen LogP contribution in [0.4, 0.5) is 0 Å². The van der Waals surface area contributed by atoms with Gasteiger partial charge in [-0.3, -0.25) is 9.69 Å². The van der Waals surface area contributed by atoms with Crippen molar-refractivity contribution < 1.29 is 9.21 Å². The maximum absolute atomic E-state index is 11.9. The Morgan fingerprint density at radius 3 is 2.77 bits per heavy atom. The Hall–Kier alpha value is -2.14. The first kappa shape index (κ1) is 14.8. The number of aryl methyl sites for hydroxylation is 2. The van der Waals surface area contributed by atoms with Crippen LogP contribution >= 0.6 is 0 Å². The zero-order chi connectivity index (χ0) is 15.5. The Labute approximate surface area is 130 Å². The minimum atomic E-state index is 0.0520. The molecule has 5 heteroatoms. The molecule has 2 heterocycles. The number of benzene rings is 1. The fourth-order valence-electron chi connectivity index (χ4n) is 2.85. The van der Waals surface area contributed by atoms with Crippen molar-refractivity contribution >= 4 is 5.91 Å². The quantitative estimate of drug-likeness (QED) is 0.945. The van der Waals surface area contributed by atoms with Gasteiger partial charge in [-0.15, -0.1) is 0 Å². The van der Waals surface area contributed by atoms with Crippen LogP contribution in [0.3, 0.4) is 0 Å². The lowest BCUT2D eigenvalue weighted by atomic mass is 10.0. The van der Waals surface area contributed by atoms with Crippen LogP contribution in [-0.4, -0.2) is 28.9 Å². The van der Waals surface area contributed by atoms with Crippen molar-refractivity contribution in [1.82, 2.24) is 15.2 Å². The number of nitrogens with zero attached hydrogens (tertiary/aromatic N) is 2. The third kappa shape index (κ3) is 3.20. The fraction of sp³-hybridized carbons (Fsp3) is 0.412. The molecular weight excluding hydrogens is 278 g/mol. The molecule has 1 aliphatic rings. The maximum Gasteiger partial charge on any atom is 0.221 e. The van der Waals surface area contributed by atoms with Gasteiger partial charge in [0, 0.05) is 25.6 Å². The number of amides is 1. The molecule has 1 aliphatic heterocycles. The molecule has 1 amide bonds. The van der Waals surface area contributed by atoms with Crippen molar-refractivity contribution in [2.24, 2.45) is 0 Å². The highest BCUT2D eigenvalue weighted by Crippen LogP contribution is 2.27. The first-order chi connectivity index (χ1) is 10.6. The van der Waals surface area contributed by atoms with E-state index in [-0.39, 0.29) is 11.9 Å². The predicted octanol–water partition coefficient (Wildman–Crippen LogP) is 2.35. The van der Waals surface area contributed by atoms with Crippen molar-refractivity contribution in [3.05, 3.63) is 53.2 Å². The summed E-state index contributed by atoms with van der Waals surface area (Å²) in [6.07, 6.45) is 0.461. The van der Waals surface area contributed by atoms with E-state index in [1.807, 2.05) is 32.0 Å². The second-order valence-electron chi connectivity index (χ2n) is 5.70. The van der Waals surface area contributed by atoms with Gasteiger partial charge in [0.15, 0.2) is 0 Å². The largest absolute Gasteiger partial charge is 0.444 e. The molecule has 1 unspecified atom stereocenters. The van der Waals surface area contributed by atoms with Crippen molar-refractivity contribution in [2.75, 3.05) is 13.1 Å². The van der Waals surface area contributed by atoms with E-state index in [9.17, 15) is 4.79 Å². The molecule has 116 valence electrons. The summed E-state index contributed by atoms with van der Waals surface area (Å²) in [6.45, 7) is 5.92. The number of aromatic nitrogens is 1. The summed E-state index contributed by atoms with van der Waals surface area (Å²) in [4.78, 5) is 18.7. The zero-order valence-electron chi connectivity index (χ0n) is 13.0. The Morgan fingerprint density at radius 2 is 2.09 bits per heavy atom. The van der Waals surface area contributed by atoms with Gasteiger partial charge in [-0.2, -0.15) is 0 Å². The van der Waals surface area contributed by atoms with E-state index in [1.165, 1.54) is 0 Å². The molecule has 1 aromatic heterocycles. The third-order valence-corrected chi connectivity index (χ3v) is 4.14. The normalized spacial score (nSPS) is 19.7. The van der Waals surface area contributed by atoms with Gasteiger partial charge in [0.25, 0.3) is 0 Å². The molecule has 22 heavy (non-hydrogen) atoms. The van der Waals surface area contributed by atoms with Crippen LogP contribution in [0, 0.1) is 13.8 Å². The average Bonchev–Trinajstić information content (AvgIpc) is 2.71. The van der Waals surface area contributed by atoms with Crippen LogP contribution in [0.15, 0.2) is 34.7 Å². The van der Waals surface area contributed by atoms with E-state index < -0.39 is 0 Å². The minimum absolute atomic E-state index is 0.0520. The molecule has 1 atom stereocenters. The smallest absolute Gasteiger partial charge is 0.221 e. The Balaban J connectivity index is 1.86. The van der Waals surface area contributed by atoms with Crippen molar-refractivity contribution in [1.29, 1.82) is 0 Å². The number of rotatable bonds is 3. The molecule has 0 bridgehead atoms. The van der Waals surface area contributed by atoms with Crippen molar-refractivity contribution in [3.8, 4) is 0 Å². The maximum atomic E-state index is 11.9. The molecule has 0 spiro atoms. The van der Waals surface area contributed by atoms with Crippen LogP contribution in [0.25, 0.3) is 0 Å². The fourth-order valence-corrected chi connectivity index (χ4v) is 2.85. The third-order valence-electron chi connectivity index (χ3n) is 4.14. The van der Waals surface area contributed by atoms with Gasteiger partial charge in [0.05, 0.1) is 12.2 Å². The molecule has 0 saturated carbocycles. The summed E-state index contributed by atoms with van der Waals surface area (Å²) in [5.74, 6) is 1.66. The topological polar surface area (TPSA) is 58.4 Å². The van der Waals surface area contributed by atoms with Gasteiger partial charge >= 0.3 is 0 Å². The number of nitrogens with one attached hydrogen (secondary N) is 1. The molecular formula is C17H21N3O2. The summed E-state index contributed by atoms with van der Waals surface area (Å²) < 4.78 is 5.71. The highest BCUT2D eigenvalue weighted by atomic mass is 16.4. The van der Waals surface area contributed by atoms with Gasteiger partial charge < -0.3 is 9.73 Å². The van der Waals surface area contributed by atoms with E-state index in [0.717, 1.165) is 23.6 Å². The van der Waals surface area contributed by atoms with Gasteiger partial charge in [0.2, 0.25) is 11.8 Å². The minimum Gasteiger partial charge on any atom is -0.444 e. The Kier molecular flexibility index (Phi) is 4.24. The number of carbonyl (C=O) groups is 1. The molecule has 0 radical (unpaired) electrons. The predicted molar refractivity (Wildman–Crippen MR) is 83.2 cm³/mol. The second kappa shape index (κ2) is 6.32. The molecule has 1 fully saturated rings. The number of hydrogen-bond donors (Lipinski definition) is 1. The SMILES string of the molecule is Cc1nc(CN2CCNC(=O)CC2c2ccccc2)oc1C. The zero-order valence-corrected chi connectivity index (χ0v) is 13.0. The van der Waals surface area contributed by atoms with E-state index >= 15 is 0 Å². The molecule has 1 aromatic carbocycles. The summed E-state index contributed by atoms with van der Waals surface area (Å²) in [5.41, 5.74) is 2.08. The van der Waals surface area contributed by atoms with E-state index in [4.69, 9.17) is 4.42 Å². The number of oxazole rings is 1. The van der Waals surface area contributed by atoms with E-state index in [1.54, 1.807) is 0 Å². The van der Waals surface area contributed by atoms with Crippen molar-refractivity contribution in [3.63, 3.8) is 0 Å². The van der Waals surface area contributed by atoms with Gasteiger partial charge in [-0.1, -0.05) is 30.3 Å². The number of carbonyl (C=O) groups excluding carboxylic acids is 1. The molecule has 1 N–H and O–H groups in total. The lowest BCUT2D eigenvalue weighted by Gasteiger charge is -2.28. The summed E-state index contributed by atoms with van der Waals surface area (Å²) in [6, 6.07) is 10.2. The first-order valence-electron chi connectivity index (χ1n) is 7.62. The van der Waals surface area contributed by atoms with Crippen LogP contribution < -0.4 is 5.32 Å². The van der Waals surface area contributed by atoms with Crippen LogP contribution in [0.2, 0.25) is 0 Å². The van der Waals surface area contributed by atoms with Crippen LogP contribution in [-0.2, 0) is 11.3 Å². The van der Waals surface area contributed by atoms with Crippen LogP contribution in [0.5, 0.6) is 0 Å². The molecule has 2 aromatic rings. The molecule has 5 nitrogen and oxygen atoms in total. The lowest BCUT2D eigenvalue weighted by molar-refractivity contribution is -0.121. The van der Waals surface area contributed by atoms with Crippen molar-refractivity contribution in [2.45, 2.75) is 32.9 Å². The monoisotopic (exact) mass is 299 g/mol. The molecule has 1 saturated heterocycles. The lowest BCUT2D eigenvalue weighted by Crippen LogP contribution is -2.30. The van der Waals surface area contributed by atoms with Gasteiger partial charge in [-0.25, -0.2) is 4.98 Å². The van der Waals surface area contributed by atoms with Crippen LogP contribution in [0.1, 0.15) is 35.4 Å². The number of hydrogen-bond acceptors (Lipinski definition) is 4.